The minimum absolute atomic E-state index is 0.177. The van der Waals surface area contributed by atoms with Crippen molar-refractivity contribution in [2.75, 3.05) is 42.9 Å². The monoisotopic (exact) mass is 396 g/mol. The summed E-state index contributed by atoms with van der Waals surface area (Å²) in [4.78, 5) is 26.0. The molecule has 1 fully saturated rings. The van der Waals surface area contributed by atoms with Crippen LogP contribution in [0.1, 0.15) is 48.2 Å². The van der Waals surface area contributed by atoms with Gasteiger partial charge in [0.05, 0.1) is 6.54 Å². The Kier molecular flexibility index (Phi) is 6.18. The number of nitrogens with zero attached hydrogens (tertiary/aromatic N) is 5. The third-order valence-corrected chi connectivity index (χ3v) is 5.19. The van der Waals surface area contributed by atoms with Gasteiger partial charge in [0.2, 0.25) is 11.8 Å². The number of piperazine rings is 1. The number of nitriles is 1. The summed E-state index contributed by atoms with van der Waals surface area (Å²) in [5, 5.41) is 12.0. The van der Waals surface area contributed by atoms with Gasteiger partial charge in [0, 0.05) is 49.4 Å². The van der Waals surface area contributed by atoms with Gasteiger partial charge in [0.1, 0.15) is 29.0 Å². The minimum atomic E-state index is -0.177. The zero-order chi connectivity index (χ0) is 21.1. The van der Waals surface area contributed by atoms with E-state index < -0.39 is 0 Å². The van der Waals surface area contributed by atoms with Crippen LogP contribution < -0.4 is 10.2 Å². The van der Waals surface area contributed by atoms with E-state index in [1.807, 2.05) is 19.9 Å². The molecular weight excluding hydrogens is 368 g/mol. The number of furan rings is 1. The van der Waals surface area contributed by atoms with E-state index in [1.165, 1.54) is 0 Å². The lowest BCUT2D eigenvalue weighted by molar-refractivity contribution is -0.117. The first kappa shape index (κ1) is 20.8. The average Bonchev–Trinajstić information content (AvgIpc) is 2.94. The van der Waals surface area contributed by atoms with E-state index in [2.05, 4.69) is 40.0 Å². The Bertz CT molecular complexity index is 935. The lowest BCUT2D eigenvalue weighted by Gasteiger charge is -2.35. The highest BCUT2D eigenvalue weighted by molar-refractivity contribution is 5.92. The molecular formula is C21H28N6O2. The first-order valence-corrected chi connectivity index (χ1v) is 9.91. The van der Waals surface area contributed by atoms with Crippen molar-refractivity contribution in [3.05, 3.63) is 34.5 Å². The molecule has 1 aliphatic rings. The Morgan fingerprint density at radius 3 is 2.55 bits per heavy atom. The average molecular weight is 396 g/mol. The van der Waals surface area contributed by atoms with Gasteiger partial charge in [-0.2, -0.15) is 5.26 Å². The molecule has 8 heteroatoms. The molecule has 0 aromatic carbocycles. The summed E-state index contributed by atoms with van der Waals surface area (Å²) in [6.07, 6.45) is 0. The topological polar surface area (TPSA) is 98.3 Å². The minimum Gasteiger partial charge on any atom is -0.444 e. The molecule has 154 valence electrons. The molecule has 29 heavy (non-hydrogen) atoms. The first-order valence-electron chi connectivity index (χ1n) is 9.91. The molecule has 1 saturated heterocycles. The van der Waals surface area contributed by atoms with E-state index in [4.69, 9.17) is 9.40 Å². The second-order valence-electron chi connectivity index (χ2n) is 7.79. The number of rotatable bonds is 5. The van der Waals surface area contributed by atoms with Gasteiger partial charge >= 0.3 is 0 Å². The highest BCUT2D eigenvalue weighted by Crippen LogP contribution is 2.25. The maximum atomic E-state index is 12.4. The van der Waals surface area contributed by atoms with Crippen LogP contribution in [-0.4, -0.2) is 53.5 Å². The fourth-order valence-electron chi connectivity index (χ4n) is 3.35. The van der Waals surface area contributed by atoms with Gasteiger partial charge in [-0.05, 0) is 20.8 Å². The molecule has 2 aromatic rings. The number of hydrogen-bond donors (Lipinski definition) is 1. The van der Waals surface area contributed by atoms with Crippen LogP contribution >= 0.6 is 0 Å². The molecule has 0 atom stereocenters. The number of aryl methyl sites for hydroxylation is 2. The quantitative estimate of drug-likeness (QED) is 0.830. The summed E-state index contributed by atoms with van der Waals surface area (Å²) >= 11 is 0. The van der Waals surface area contributed by atoms with E-state index in [0.717, 1.165) is 49.1 Å². The number of carbonyl (C=O) groups excluding carboxylic acids is 1. The maximum Gasteiger partial charge on any atom is 0.240 e. The third kappa shape index (κ3) is 4.74. The van der Waals surface area contributed by atoms with Crippen LogP contribution in [0.3, 0.4) is 0 Å². The van der Waals surface area contributed by atoms with Crippen molar-refractivity contribution in [1.29, 1.82) is 5.26 Å². The van der Waals surface area contributed by atoms with Gasteiger partial charge in [0.15, 0.2) is 0 Å². The molecule has 2 aromatic heterocycles. The molecule has 0 aliphatic carbocycles. The summed E-state index contributed by atoms with van der Waals surface area (Å²) in [6, 6.07) is 4.11. The Balaban J connectivity index is 1.57. The van der Waals surface area contributed by atoms with Crippen molar-refractivity contribution >= 4 is 17.6 Å². The summed E-state index contributed by atoms with van der Waals surface area (Å²) in [5.74, 6) is 2.80. The number of aromatic nitrogens is 2. The first-order chi connectivity index (χ1) is 13.8. The third-order valence-electron chi connectivity index (χ3n) is 5.19. The van der Waals surface area contributed by atoms with E-state index in [0.29, 0.717) is 11.3 Å². The van der Waals surface area contributed by atoms with Crippen LogP contribution in [0.15, 0.2) is 10.5 Å². The zero-order valence-electron chi connectivity index (χ0n) is 17.7. The molecule has 3 heterocycles. The maximum absolute atomic E-state index is 12.4. The van der Waals surface area contributed by atoms with Crippen molar-refractivity contribution in [2.45, 2.75) is 40.5 Å². The van der Waals surface area contributed by atoms with Crippen LogP contribution in [-0.2, 0) is 4.79 Å². The number of carbonyl (C=O) groups is 1. The Morgan fingerprint density at radius 1 is 1.24 bits per heavy atom. The van der Waals surface area contributed by atoms with Crippen LogP contribution in [0.4, 0.5) is 11.7 Å². The number of nitrogens with one attached hydrogen (secondary N) is 1. The highest BCUT2D eigenvalue weighted by atomic mass is 16.4. The largest absolute Gasteiger partial charge is 0.444 e. The summed E-state index contributed by atoms with van der Waals surface area (Å²) in [7, 11) is 0. The zero-order valence-corrected chi connectivity index (χ0v) is 17.7. The lowest BCUT2D eigenvalue weighted by atomic mass is 10.2. The van der Waals surface area contributed by atoms with Gasteiger partial charge < -0.3 is 9.32 Å². The van der Waals surface area contributed by atoms with Crippen molar-refractivity contribution in [2.24, 2.45) is 0 Å². The van der Waals surface area contributed by atoms with Gasteiger partial charge in [-0.3, -0.25) is 15.0 Å². The van der Waals surface area contributed by atoms with Crippen LogP contribution in [0.25, 0.3) is 0 Å². The van der Waals surface area contributed by atoms with E-state index in [-0.39, 0.29) is 24.3 Å². The molecule has 8 nitrogen and oxygen atoms in total. The van der Waals surface area contributed by atoms with Gasteiger partial charge in [-0.25, -0.2) is 9.97 Å². The van der Waals surface area contributed by atoms with Crippen LogP contribution in [0, 0.1) is 32.1 Å². The second-order valence-corrected chi connectivity index (χ2v) is 7.79. The van der Waals surface area contributed by atoms with Crippen molar-refractivity contribution < 1.29 is 9.21 Å². The number of amides is 1. The number of hydrogen-bond acceptors (Lipinski definition) is 7. The van der Waals surface area contributed by atoms with E-state index in [1.54, 1.807) is 6.92 Å². The van der Waals surface area contributed by atoms with E-state index in [9.17, 15) is 10.1 Å². The fourth-order valence-corrected chi connectivity index (χ4v) is 3.35. The van der Waals surface area contributed by atoms with Gasteiger partial charge in [-0.1, -0.05) is 13.8 Å². The van der Waals surface area contributed by atoms with Crippen molar-refractivity contribution in [3.63, 3.8) is 0 Å². The predicted molar refractivity (Wildman–Crippen MR) is 111 cm³/mol. The molecule has 0 bridgehead atoms. The Labute approximate surface area is 171 Å². The summed E-state index contributed by atoms with van der Waals surface area (Å²) in [6.45, 7) is 13.1. The molecule has 1 aliphatic heterocycles. The molecule has 0 saturated carbocycles. The summed E-state index contributed by atoms with van der Waals surface area (Å²) < 4.78 is 5.52. The van der Waals surface area contributed by atoms with Gasteiger partial charge in [-0.15, -0.1) is 0 Å². The molecule has 0 spiro atoms. The normalized spacial score (nSPS) is 14.9. The van der Waals surface area contributed by atoms with Gasteiger partial charge in [0.25, 0.3) is 0 Å². The Hall–Kier alpha value is -2.92. The SMILES string of the molecule is Cc1cc(N2CCN(CC(=O)Nc3oc(C)c(C)c3C#N)CC2)nc(C(C)C)n1. The molecule has 1 amide bonds. The highest BCUT2D eigenvalue weighted by Gasteiger charge is 2.22. The lowest BCUT2D eigenvalue weighted by Crippen LogP contribution is -2.49. The predicted octanol–water partition coefficient (Wildman–Crippen LogP) is 2.75. The molecule has 0 unspecified atom stereocenters. The molecule has 1 N–H and O–H groups in total. The van der Waals surface area contributed by atoms with Crippen LogP contribution in [0.5, 0.6) is 0 Å². The van der Waals surface area contributed by atoms with Crippen molar-refractivity contribution in [3.8, 4) is 6.07 Å². The Morgan fingerprint density at radius 2 is 1.93 bits per heavy atom. The molecule has 0 radical (unpaired) electrons. The summed E-state index contributed by atoms with van der Waals surface area (Å²) in [5.41, 5.74) is 2.12. The number of anilines is 2. The smallest absolute Gasteiger partial charge is 0.240 e. The van der Waals surface area contributed by atoms with E-state index >= 15 is 0 Å². The molecule has 3 rings (SSSR count). The van der Waals surface area contributed by atoms with Crippen LogP contribution in [0.2, 0.25) is 0 Å². The standard InChI is InChI=1S/C21H28N6O2/c1-13(2)20-23-14(3)10-18(24-20)27-8-6-26(7-9-27)12-19(28)25-21-17(11-22)15(4)16(5)29-21/h10,13H,6-9,12H2,1-5H3,(H,25,28). The second kappa shape index (κ2) is 8.62. The van der Waals surface area contributed by atoms with Crippen molar-refractivity contribution in [1.82, 2.24) is 14.9 Å². The fraction of sp³-hybridized carbons (Fsp3) is 0.524.